The summed E-state index contributed by atoms with van der Waals surface area (Å²) in [6.45, 7) is 6.50. The molecule has 2 aromatic carbocycles. The van der Waals surface area contributed by atoms with E-state index in [9.17, 15) is 9.59 Å². The van der Waals surface area contributed by atoms with E-state index in [-0.39, 0.29) is 11.8 Å². The Kier molecular flexibility index (Phi) is 4.22. The number of fused-ring (bicyclic) bond motifs is 2. The van der Waals surface area contributed by atoms with Gasteiger partial charge >= 0.3 is 0 Å². The molecule has 1 aromatic heterocycles. The molecule has 1 aliphatic rings. The molecule has 27 heavy (non-hydrogen) atoms. The summed E-state index contributed by atoms with van der Waals surface area (Å²) in [4.78, 5) is 27.1. The van der Waals surface area contributed by atoms with E-state index in [1.807, 2.05) is 48.7 Å². The standard InChI is InChI=1S/C22H23N3O2/c1-14(2)24-12-11-18-19(9-6-10-20(18)24)23-21(26)15(3)25-13-16-7-4-5-8-17(16)22(25)27/h4-12,14-15H,13H2,1-3H3,(H,23,26)/t15-/m1/s1. The Morgan fingerprint density at radius 1 is 1.04 bits per heavy atom. The van der Waals surface area contributed by atoms with E-state index in [1.54, 1.807) is 11.8 Å². The second kappa shape index (κ2) is 6.58. The Balaban J connectivity index is 1.57. The zero-order chi connectivity index (χ0) is 19.1. The van der Waals surface area contributed by atoms with E-state index in [1.165, 1.54) is 0 Å². The number of nitrogens with zero attached hydrogens (tertiary/aromatic N) is 2. The van der Waals surface area contributed by atoms with Gasteiger partial charge in [-0.2, -0.15) is 0 Å². The van der Waals surface area contributed by atoms with Crippen LogP contribution < -0.4 is 5.32 Å². The van der Waals surface area contributed by atoms with E-state index >= 15 is 0 Å². The quantitative estimate of drug-likeness (QED) is 0.757. The van der Waals surface area contributed by atoms with Gasteiger partial charge in [0.15, 0.2) is 0 Å². The van der Waals surface area contributed by atoms with Crippen LogP contribution in [-0.4, -0.2) is 27.3 Å². The van der Waals surface area contributed by atoms with Crippen LogP contribution in [0.2, 0.25) is 0 Å². The topological polar surface area (TPSA) is 54.3 Å². The second-order valence-electron chi connectivity index (χ2n) is 7.31. The molecule has 0 spiro atoms. The van der Waals surface area contributed by atoms with Gasteiger partial charge in [0.1, 0.15) is 6.04 Å². The van der Waals surface area contributed by atoms with Gasteiger partial charge in [0, 0.05) is 29.7 Å². The monoisotopic (exact) mass is 361 g/mol. The highest BCUT2D eigenvalue weighted by atomic mass is 16.2. The van der Waals surface area contributed by atoms with Gasteiger partial charge in [-0.25, -0.2) is 0 Å². The van der Waals surface area contributed by atoms with Crippen LogP contribution in [0.3, 0.4) is 0 Å². The predicted octanol–water partition coefficient (Wildman–Crippen LogP) is 4.21. The fraction of sp³-hybridized carbons (Fsp3) is 0.273. The Morgan fingerprint density at radius 2 is 1.81 bits per heavy atom. The SMILES string of the molecule is CC(C)n1ccc2c(NC(=O)[C@@H](C)N3Cc4ccccc4C3=O)cccc21. The lowest BCUT2D eigenvalue weighted by atomic mass is 10.1. The Labute approximate surface area is 158 Å². The maximum atomic E-state index is 12.9. The van der Waals surface area contributed by atoms with Gasteiger partial charge in [0.2, 0.25) is 5.91 Å². The third kappa shape index (κ3) is 2.89. The Hall–Kier alpha value is -3.08. The molecule has 5 nitrogen and oxygen atoms in total. The lowest BCUT2D eigenvalue weighted by Gasteiger charge is -2.23. The molecule has 1 aliphatic heterocycles. The van der Waals surface area contributed by atoms with Crippen LogP contribution in [0.25, 0.3) is 10.9 Å². The largest absolute Gasteiger partial charge is 0.345 e. The number of amides is 2. The minimum atomic E-state index is -0.549. The normalized spacial score (nSPS) is 14.7. The lowest BCUT2D eigenvalue weighted by Crippen LogP contribution is -2.42. The van der Waals surface area contributed by atoms with E-state index in [2.05, 4.69) is 29.8 Å². The first-order chi connectivity index (χ1) is 13.0. The minimum absolute atomic E-state index is 0.0857. The number of hydrogen-bond donors (Lipinski definition) is 1. The number of anilines is 1. The van der Waals surface area contributed by atoms with Crippen molar-refractivity contribution in [3.8, 4) is 0 Å². The molecule has 5 heteroatoms. The number of carbonyl (C=O) groups is 2. The van der Waals surface area contributed by atoms with Gasteiger partial charge in [-0.1, -0.05) is 24.3 Å². The average molecular weight is 361 g/mol. The lowest BCUT2D eigenvalue weighted by molar-refractivity contribution is -0.120. The highest BCUT2D eigenvalue weighted by Crippen LogP contribution is 2.28. The molecule has 0 radical (unpaired) electrons. The van der Waals surface area contributed by atoms with Crippen LogP contribution >= 0.6 is 0 Å². The summed E-state index contributed by atoms with van der Waals surface area (Å²) in [6, 6.07) is 15.2. The molecule has 0 saturated carbocycles. The van der Waals surface area contributed by atoms with Gasteiger partial charge in [0.05, 0.1) is 11.2 Å². The van der Waals surface area contributed by atoms with Gasteiger partial charge < -0.3 is 14.8 Å². The van der Waals surface area contributed by atoms with Crippen molar-refractivity contribution in [2.75, 3.05) is 5.32 Å². The summed E-state index contributed by atoms with van der Waals surface area (Å²) >= 11 is 0. The van der Waals surface area contributed by atoms with Crippen molar-refractivity contribution in [2.45, 2.75) is 39.4 Å². The number of aromatic nitrogens is 1. The molecule has 3 aromatic rings. The van der Waals surface area contributed by atoms with Crippen LogP contribution in [0.1, 0.15) is 42.7 Å². The van der Waals surface area contributed by atoms with Crippen LogP contribution in [-0.2, 0) is 11.3 Å². The first kappa shape index (κ1) is 17.3. The smallest absolute Gasteiger partial charge is 0.255 e. The summed E-state index contributed by atoms with van der Waals surface area (Å²) in [5.41, 5.74) is 3.51. The van der Waals surface area contributed by atoms with E-state index in [0.717, 1.165) is 22.2 Å². The molecule has 0 saturated heterocycles. The first-order valence-electron chi connectivity index (χ1n) is 9.26. The molecular weight excluding hydrogens is 338 g/mol. The van der Waals surface area contributed by atoms with E-state index < -0.39 is 6.04 Å². The predicted molar refractivity (Wildman–Crippen MR) is 107 cm³/mol. The summed E-state index contributed by atoms with van der Waals surface area (Å²) in [7, 11) is 0. The molecule has 2 heterocycles. The third-order valence-corrected chi connectivity index (χ3v) is 5.27. The van der Waals surface area contributed by atoms with Gasteiger partial charge in [-0.3, -0.25) is 9.59 Å². The number of carbonyl (C=O) groups excluding carboxylic acids is 2. The maximum absolute atomic E-state index is 12.9. The van der Waals surface area contributed by atoms with Crippen LogP contribution in [0, 0.1) is 0 Å². The van der Waals surface area contributed by atoms with E-state index in [0.29, 0.717) is 18.2 Å². The van der Waals surface area contributed by atoms with Gasteiger partial charge in [-0.05, 0) is 50.6 Å². The van der Waals surface area contributed by atoms with Crippen molar-refractivity contribution in [1.29, 1.82) is 0 Å². The van der Waals surface area contributed by atoms with E-state index in [4.69, 9.17) is 0 Å². The highest BCUT2D eigenvalue weighted by molar-refractivity contribution is 6.06. The third-order valence-electron chi connectivity index (χ3n) is 5.27. The molecule has 0 fully saturated rings. The maximum Gasteiger partial charge on any atom is 0.255 e. The molecule has 0 bridgehead atoms. The van der Waals surface area contributed by atoms with Crippen LogP contribution in [0.5, 0.6) is 0 Å². The molecule has 4 rings (SSSR count). The van der Waals surface area contributed by atoms with Crippen molar-refractivity contribution in [3.05, 3.63) is 65.9 Å². The highest BCUT2D eigenvalue weighted by Gasteiger charge is 2.33. The Bertz CT molecular complexity index is 1030. The zero-order valence-electron chi connectivity index (χ0n) is 15.8. The summed E-state index contributed by atoms with van der Waals surface area (Å²) < 4.78 is 2.18. The zero-order valence-corrected chi connectivity index (χ0v) is 15.8. The summed E-state index contributed by atoms with van der Waals surface area (Å²) in [5, 5.41) is 4.02. The van der Waals surface area contributed by atoms with Crippen LogP contribution in [0.15, 0.2) is 54.7 Å². The fourth-order valence-electron chi connectivity index (χ4n) is 3.72. The molecule has 1 atom stereocenters. The van der Waals surface area contributed by atoms with Crippen LogP contribution in [0.4, 0.5) is 5.69 Å². The molecule has 138 valence electrons. The van der Waals surface area contributed by atoms with Crippen molar-refractivity contribution in [1.82, 2.24) is 9.47 Å². The van der Waals surface area contributed by atoms with Gasteiger partial charge in [0.25, 0.3) is 5.91 Å². The number of hydrogen-bond acceptors (Lipinski definition) is 2. The fourth-order valence-corrected chi connectivity index (χ4v) is 3.72. The summed E-state index contributed by atoms with van der Waals surface area (Å²) in [5.74, 6) is -0.265. The van der Waals surface area contributed by atoms with Gasteiger partial charge in [-0.15, -0.1) is 0 Å². The number of rotatable bonds is 4. The molecule has 0 unspecified atom stereocenters. The molecule has 2 amide bonds. The van der Waals surface area contributed by atoms with Crippen molar-refractivity contribution in [2.24, 2.45) is 0 Å². The second-order valence-corrected chi connectivity index (χ2v) is 7.31. The summed E-state index contributed by atoms with van der Waals surface area (Å²) in [6.07, 6.45) is 2.04. The Morgan fingerprint density at radius 3 is 2.56 bits per heavy atom. The molecular formula is C22H23N3O2. The van der Waals surface area contributed by atoms with Crippen molar-refractivity contribution < 1.29 is 9.59 Å². The van der Waals surface area contributed by atoms with Crippen molar-refractivity contribution in [3.63, 3.8) is 0 Å². The number of nitrogens with one attached hydrogen (secondary N) is 1. The van der Waals surface area contributed by atoms with Crippen molar-refractivity contribution >= 4 is 28.4 Å². The molecule has 1 N–H and O–H groups in total. The first-order valence-corrected chi connectivity index (χ1v) is 9.26. The average Bonchev–Trinajstić information content (AvgIpc) is 3.24. The minimum Gasteiger partial charge on any atom is -0.345 e. The molecule has 0 aliphatic carbocycles. The number of benzene rings is 2.